The lowest BCUT2D eigenvalue weighted by atomic mass is 9.74. The molecule has 0 aromatic heterocycles. The highest BCUT2D eigenvalue weighted by molar-refractivity contribution is 6.07. The van der Waals surface area contributed by atoms with Crippen molar-refractivity contribution >= 4 is 23.6 Å². The average Bonchev–Trinajstić information content (AvgIpc) is 3.42. The zero-order valence-corrected chi connectivity index (χ0v) is 19.5. The summed E-state index contributed by atoms with van der Waals surface area (Å²) < 4.78 is 5.65. The third kappa shape index (κ3) is 4.53. The summed E-state index contributed by atoms with van der Waals surface area (Å²) in [5.41, 5.74) is 0.229. The molecule has 178 valence electrons. The highest BCUT2D eigenvalue weighted by Gasteiger charge is 2.55. The predicted octanol–water partition coefficient (Wildman–Crippen LogP) is 3.01. The molecule has 1 aromatic carbocycles. The van der Waals surface area contributed by atoms with Gasteiger partial charge in [-0.25, -0.2) is 4.79 Å². The average molecular weight is 456 g/mol. The molecule has 3 aliphatic heterocycles. The van der Waals surface area contributed by atoms with E-state index in [1.54, 1.807) is 29.2 Å². The summed E-state index contributed by atoms with van der Waals surface area (Å²) in [6.45, 7) is 5.56. The molecule has 0 radical (unpaired) electrons. The van der Waals surface area contributed by atoms with E-state index in [0.29, 0.717) is 56.6 Å². The second kappa shape index (κ2) is 9.63. The molecule has 3 heterocycles. The smallest absolute Gasteiger partial charge is 0.325 e. The van der Waals surface area contributed by atoms with E-state index in [1.165, 1.54) is 11.8 Å². The fraction of sp³-hybridized carbons (Fsp3) is 0.600. The summed E-state index contributed by atoms with van der Waals surface area (Å²) in [6, 6.07) is 6.40. The molecule has 1 N–H and O–H groups in total. The number of ketones is 1. The fourth-order valence-corrected chi connectivity index (χ4v) is 5.45. The Kier molecular flexibility index (Phi) is 6.83. The molecular weight excluding hydrogens is 422 g/mol. The van der Waals surface area contributed by atoms with Gasteiger partial charge in [-0.3, -0.25) is 19.3 Å². The lowest BCUT2D eigenvalue weighted by Gasteiger charge is -2.41. The number of amides is 4. The lowest BCUT2D eigenvalue weighted by Crippen LogP contribution is -2.56. The van der Waals surface area contributed by atoms with Gasteiger partial charge in [-0.05, 0) is 57.1 Å². The molecular formula is C25H33N3O5. The number of likely N-dealkylation sites (tertiary alicyclic amines) is 1. The van der Waals surface area contributed by atoms with E-state index in [2.05, 4.69) is 5.32 Å². The Morgan fingerprint density at radius 3 is 2.33 bits per heavy atom. The van der Waals surface area contributed by atoms with Crippen LogP contribution in [0.1, 0.15) is 73.1 Å². The summed E-state index contributed by atoms with van der Waals surface area (Å²) in [4.78, 5) is 53.9. The van der Waals surface area contributed by atoms with Crippen LogP contribution in [0.25, 0.3) is 0 Å². The number of Topliss-reactive ketones (excluding diaryl/α,β-unsaturated/α-hetero) is 1. The molecule has 0 aliphatic carbocycles. The van der Waals surface area contributed by atoms with Gasteiger partial charge >= 0.3 is 6.03 Å². The van der Waals surface area contributed by atoms with Gasteiger partial charge in [0.25, 0.3) is 11.8 Å². The van der Waals surface area contributed by atoms with Crippen molar-refractivity contribution in [3.8, 4) is 0 Å². The third-order valence-electron chi connectivity index (χ3n) is 7.27. The van der Waals surface area contributed by atoms with Crippen LogP contribution in [0.5, 0.6) is 0 Å². The molecule has 0 bridgehead atoms. The third-order valence-corrected chi connectivity index (χ3v) is 7.27. The van der Waals surface area contributed by atoms with Crippen LogP contribution in [0.15, 0.2) is 24.3 Å². The van der Waals surface area contributed by atoms with E-state index < -0.39 is 5.54 Å². The number of carbonyl (C=O) groups is 4. The predicted molar refractivity (Wildman–Crippen MR) is 122 cm³/mol. The normalized spacial score (nSPS) is 26.1. The number of nitrogens with zero attached hydrogens (tertiary/aromatic N) is 2. The maximum absolute atomic E-state index is 13.5. The monoisotopic (exact) mass is 455 g/mol. The first kappa shape index (κ1) is 23.4. The van der Waals surface area contributed by atoms with Gasteiger partial charge in [0.15, 0.2) is 5.78 Å². The van der Waals surface area contributed by atoms with Crippen LogP contribution in [0.3, 0.4) is 0 Å². The summed E-state index contributed by atoms with van der Waals surface area (Å²) in [5.74, 6) is -0.273. The molecule has 0 spiro atoms. The first-order valence-electron chi connectivity index (χ1n) is 12.0. The highest BCUT2D eigenvalue weighted by Crippen LogP contribution is 2.37. The zero-order valence-electron chi connectivity index (χ0n) is 19.5. The van der Waals surface area contributed by atoms with Crippen LogP contribution >= 0.6 is 0 Å². The molecule has 0 saturated carbocycles. The number of hydrogen-bond acceptors (Lipinski definition) is 5. The number of ether oxygens (including phenoxy) is 1. The number of imide groups is 1. The minimum absolute atomic E-state index is 0.0208. The topological polar surface area (TPSA) is 96.0 Å². The highest BCUT2D eigenvalue weighted by atomic mass is 16.5. The Labute approximate surface area is 194 Å². The molecule has 3 saturated heterocycles. The summed E-state index contributed by atoms with van der Waals surface area (Å²) in [7, 11) is 0. The van der Waals surface area contributed by atoms with Gasteiger partial charge in [-0.15, -0.1) is 0 Å². The van der Waals surface area contributed by atoms with Crippen molar-refractivity contribution in [2.24, 2.45) is 5.92 Å². The van der Waals surface area contributed by atoms with E-state index in [-0.39, 0.29) is 35.7 Å². The van der Waals surface area contributed by atoms with Crippen molar-refractivity contribution in [3.05, 3.63) is 35.4 Å². The van der Waals surface area contributed by atoms with E-state index in [9.17, 15) is 19.2 Å². The van der Waals surface area contributed by atoms with Crippen molar-refractivity contribution in [1.82, 2.24) is 15.1 Å². The number of benzene rings is 1. The second-order valence-corrected chi connectivity index (χ2v) is 9.40. The molecule has 3 aliphatic rings. The minimum atomic E-state index is -0.900. The fourth-order valence-electron chi connectivity index (χ4n) is 5.45. The van der Waals surface area contributed by atoms with Gasteiger partial charge in [0.1, 0.15) is 5.54 Å². The number of rotatable bonds is 7. The molecule has 1 aromatic rings. The van der Waals surface area contributed by atoms with Gasteiger partial charge in [-0.2, -0.15) is 0 Å². The van der Waals surface area contributed by atoms with Gasteiger partial charge in [-0.1, -0.05) is 25.5 Å². The van der Waals surface area contributed by atoms with E-state index in [1.807, 2.05) is 6.92 Å². The van der Waals surface area contributed by atoms with Crippen LogP contribution in [0.4, 0.5) is 4.79 Å². The van der Waals surface area contributed by atoms with Crippen LogP contribution < -0.4 is 5.32 Å². The van der Waals surface area contributed by atoms with Gasteiger partial charge in [0.05, 0.1) is 12.6 Å². The molecule has 8 heteroatoms. The number of urea groups is 1. The largest absolute Gasteiger partial charge is 0.376 e. The second-order valence-electron chi connectivity index (χ2n) is 9.40. The summed E-state index contributed by atoms with van der Waals surface area (Å²) in [5, 5.41) is 3.05. The van der Waals surface area contributed by atoms with Gasteiger partial charge in [0, 0.05) is 30.8 Å². The van der Waals surface area contributed by atoms with E-state index >= 15 is 0 Å². The molecule has 4 rings (SSSR count). The van der Waals surface area contributed by atoms with E-state index in [0.717, 1.165) is 19.3 Å². The molecule has 3 fully saturated rings. The molecule has 2 atom stereocenters. The van der Waals surface area contributed by atoms with Crippen molar-refractivity contribution in [2.45, 2.75) is 64.0 Å². The summed E-state index contributed by atoms with van der Waals surface area (Å²) in [6.07, 6.45) is 4.41. The maximum Gasteiger partial charge on any atom is 0.325 e. The van der Waals surface area contributed by atoms with Crippen LogP contribution in [0, 0.1) is 5.92 Å². The number of carbonyl (C=O) groups excluding carboxylic acids is 4. The molecule has 33 heavy (non-hydrogen) atoms. The van der Waals surface area contributed by atoms with E-state index in [4.69, 9.17) is 4.74 Å². The van der Waals surface area contributed by atoms with Crippen LogP contribution in [-0.4, -0.2) is 71.3 Å². The van der Waals surface area contributed by atoms with Gasteiger partial charge in [0.2, 0.25) is 0 Å². The maximum atomic E-state index is 13.5. The Morgan fingerprint density at radius 1 is 1.09 bits per heavy atom. The minimum Gasteiger partial charge on any atom is -0.376 e. The molecule has 4 amide bonds. The van der Waals surface area contributed by atoms with Crippen LogP contribution in [0.2, 0.25) is 0 Å². The Hall–Kier alpha value is -2.74. The quantitative estimate of drug-likeness (QED) is 0.504. The Balaban J connectivity index is 1.43. The van der Waals surface area contributed by atoms with Gasteiger partial charge < -0.3 is 15.0 Å². The van der Waals surface area contributed by atoms with Crippen LogP contribution in [-0.2, 0) is 9.53 Å². The number of nitrogens with one attached hydrogen (secondary N) is 1. The SMILES string of the molecule is CCC[C@]1(C2CCN(C(=O)c3ccc(C(C)=O)cc3)CC2)NC(=O)N(C[C@@H]2CCCO2)C1=O. The number of hydrogen-bond donors (Lipinski definition) is 1. The lowest BCUT2D eigenvalue weighted by molar-refractivity contribution is -0.135. The molecule has 0 unspecified atom stereocenters. The van der Waals surface area contributed by atoms with Crippen molar-refractivity contribution in [3.63, 3.8) is 0 Å². The Morgan fingerprint density at radius 2 is 1.76 bits per heavy atom. The first-order valence-corrected chi connectivity index (χ1v) is 12.0. The number of piperidine rings is 1. The van der Waals surface area contributed by atoms with Crippen molar-refractivity contribution < 1.29 is 23.9 Å². The van der Waals surface area contributed by atoms with Crippen molar-refractivity contribution in [2.75, 3.05) is 26.2 Å². The zero-order chi connectivity index (χ0) is 23.6. The Bertz CT molecular complexity index is 916. The summed E-state index contributed by atoms with van der Waals surface area (Å²) >= 11 is 0. The standard InChI is InChI=1S/C25H33N3O5/c1-3-12-25(23(31)28(24(32)26-25)16-21-5-4-15-33-21)20-10-13-27(14-11-20)22(30)19-8-6-18(7-9-19)17(2)29/h6-9,20-21H,3-5,10-16H2,1-2H3,(H,26,32)/t21-,25+/m0/s1. The van der Waals surface area contributed by atoms with Crippen molar-refractivity contribution in [1.29, 1.82) is 0 Å². The molecule has 8 nitrogen and oxygen atoms in total. The first-order chi connectivity index (χ1) is 15.9.